The van der Waals surface area contributed by atoms with Crippen molar-refractivity contribution in [1.29, 1.82) is 0 Å². The van der Waals surface area contributed by atoms with Crippen molar-refractivity contribution in [3.05, 3.63) is 77.1 Å². The molecule has 0 spiro atoms. The summed E-state index contributed by atoms with van der Waals surface area (Å²) in [6.07, 6.45) is 1.20. The van der Waals surface area contributed by atoms with Crippen LogP contribution in [-0.4, -0.2) is 16.8 Å². The molecule has 1 aliphatic rings. The molecular formula is C23H25NO3. The van der Waals surface area contributed by atoms with Gasteiger partial charge in [0.15, 0.2) is 11.5 Å². The Bertz CT molecular complexity index is 866. The number of aliphatic hydroxyl groups is 1. The molecule has 1 unspecified atom stereocenters. The number of benzene rings is 2. The molecule has 0 aromatic heterocycles. The summed E-state index contributed by atoms with van der Waals surface area (Å²) in [6.45, 7) is 5.98. The molecule has 1 N–H and O–H groups in total. The summed E-state index contributed by atoms with van der Waals surface area (Å²) in [5, 5.41) is 10.6. The number of carbonyl (C=O) groups excluding carboxylic acids is 2. The number of carbonyl (C=O) groups is 2. The Morgan fingerprint density at radius 2 is 1.70 bits per heavy atom. The monoisotopic (exact) mass is 363 g/mol. The fourth-order valence-electron chi connectivity index (χ4n) is 3.48. The number of para-hydroxylation sites is 1. The van der Waals surface area contributed by atoms with Crippen molar-refractivity contribution in [3.63, 3.8) is 0 Å². The van der Waals surface area contributed by atoms with Crippen LogP contribution >= 0.6 is 0 Å². The lowest BCUT2D eigenvalue weighted by Crippen LogP contribution is -2.31. The second kappa shape index (κ2) is 7.78. The maximum atomic E-state index is 12.9. The van der Waals surface area contributed by atoms with E-state index in [1.165, 1.54) is 10.5 Å². The van der Waals surface area contributed by atoms with Crippen molar-refractivity contribution < 1.29 is 14.7 Å². The van der Waals surface area contributed by atoms with Gasteiger partial charge in [0, 0.05) is 12.1 Å². The smallest absolute Gasteiger partial charge is 0.294 e. The Kier molecular flexibility index (Phi) is 5.45. The standard InChI is InChI=1S/C23H25NO3/c1-4-16-10-12-17(13-11-16)21-20(19(25)14-15(2)3)22(26)23(27)24(21)18-8-6-5-7-9-18/h5-13,15,21,26H,4,14H2,1-3H3. The van der Waals surface area contributed by atoms with E-state index < -0.39 is 17.7 Å². The average molecular weight is 363 g/mol. The lowest BCUT2D eigenvalue weighted by Gasteiger charge is -2.27. The van der Waals surface area contributed by atoms with E-state index in [1.807, 2.05) is 68.4 Å². The maximum absolute atomic E-state index is 12.9. The maximum Gasteiger partial charge on any atom is 0.294 e. The Labute approximate surface area is 160 Å². The van der Waals surface area contributed by atoms with Crippen molar-refractivity contribution in [2.24, 2.45) is 5.92 Å². The number of Topliss-reactive ketones (excluding diaryl/α,β-unsaturated/α-hetero) is 1. The number of hydrogen-bond acceptors (Lipinski definition) is 3. The highest BCUT2D eigenvalue weighted by atomic mass is 16.3. The van der Waals surface area contributed by atoms with Crippen molar-refractivity contribution >= 4 is 17.4 Å². The largest absolute Gasteiger partial charge is 0.503 e. The topological polar surface area (TPSA) is 57.6 Å². The second-order valence-corrected chi connectivity index (χ2v) is 7.29. The van der Waals surface area contributed by atoms with Gasteiger partial charge in [0.1, 0.15) is 0 Å². The highest BCUT2D eigenvalue weighted by molar-refractivity contribution is 6.16. The van der Waals surface area contributed by atoms with Crippen LogP contribution in [-0.2, 0) is 16.0 Å². The molecule has 1 amide bonds. The van der Waals surface area contributed by atoms with E-state index in [2.05, 4.69) is 6.92 Å². The van der Waals surface area contributed by atoms with Crippen LogP contribution in [0.4, 0.5) is 5.69 Å². The number of anilines is 1. The van der Waals surface area contributed by atoms with Crippen molar-refractivity contribution in [2.75, 3.05) is 4.90 Å². The molecule has 0 fully saturated rings. The Balaban J connectivity index is 2.12. The van der Waals surface area contributed by atoms with Gasteiger partial charge < -0.3 is 5.11 Å². The summed E-state index contributed by atoms with van der Waals surface area (Å²) in [5.41, 5.74) is 2.85. The van der Waals surface area contributed by atoms with E-state index in [0.717, 1.165) is 12.0 Å². The van der Waals surface area contributed by atoms with Gasteiger partial charge >= 0.3 is 0 Å². The molecule has 0 saturated heterocycles. The van der Waals surface area contributed by atoms with Crippen LogP contribution in [0.1, 0.15) is 44.4 Å². The lowest BCUT2D eigenvalue weighted by molar-refractivity contribution is -0.118. The highest BCUT2D eigenvalue weighted by Crippen LogP contribution is 2.41. The summed E-state index contributed by atoms with van der Waals surface area (Å²) in [6, 6.07) is 16.4. The van der Waals surface area contributed by atoms with Crippen LogP contribution in [0.15, 0.2) is 65.9 Å². The van der Waals surface area contributed by atoms with Crippen LogP contribution in [0.2, 0.25) is 0 Å². The molecule has 0 radical (unpaired) electrons. The van der Waals surface area contributed by atoms with Gasteiger partial charge in [-0.3, -0.25) is 14.5 Å². The molecule has 2 aromatic rings. The van der Waals surface area contributed by atoms with E-state index in [-0.39, 0.29) is 17.3 Å². The Hall–Kier alpha value is -2.88. The Morgan fingerprint density at radius 1 is 1.07 bits per heavy atom. The molecule has 1 heterocycles. The van der Waals surface area contributed by atoms with Crippen molar-refractivity contribution in [2.45, 2.75) is 39.7 Å². The highest BCUT2D eigenvalue weighted by Gasteiger charge is 2.44. The van der Waals surface area contributed by atoms with Crippen LogP contribution < -0.4 is 4.90 Å². The minimum atomic E-state index is -0.614. The number of aliphatic hydroxyl groups excluding tert-OH is 1. The first-order valence-electron chi connectivity index (χ1n) is 9.37. The molecular weight excluding hydrogens is 338 g/mol. The molecule has 27 heavy (non-hydrogen) atoms. The molecule has 0 aliphatic carbocycles. The van der Waals surface area contributed by atoms with Crippen molar-refractivity contribution in [1.82, 2.24) is 0 Å². The zero-order valence-corrected chi connectivity index (χ0v) is 16.0. The first-order valence-corrected chi connectivity index (χ1v) is 9.37. The molecule has 4 nitrogen and oxygen atoms in total. The molecule has 3 rings (SSSR count). The molecule has 0 saturated carbocycles. The first-order chi connectivity index (χ1) is 12.9. The van der Waals surface area contributed by atoms with Gasteiger partial charge in [-0.2, -0.15) is 0 Å². The molecule has 2 aromatic carbocycles. The summed E-state index contributed by atoms with van der Waals surface area (Å²) in [5.74, 6) is -1.01. The lowest BCUT2D eigenvalue weighted by atomic mass is 9.91. The van der Waals surface area contributed by atoms with Crippen molar-refractivity contribution in [3.8, 4) is 0 Å². The van der Waals surface area contributed by atoms with Gasteiger partial charge in [-0.05, 0) is 35.6 Å². The minimum Gasteiger partial charge on any atom is -0.503 e. The minimum absolute atomic E-state index is 0.141. The third-order valence-corrected chi connectivity index (χ3v) is 4.84. The Morgan fingerprint density at radius 3 is 2.26 bits per heavy atom. The summed E-state index contributed by atoms with van der Waals surface area (Å²) >= 11 is 0. The molecule has 1 atom stereocenters. The van der Waals surface area contributed by atoms with E-state index in [1.54, 1.807) is 0 Å². The van der Waals surface area contributed by atoms with Gasteiger partial charge in [-0.25, -0.2) is 0 Å². The van der Waals surface area contributed by atoms with Gasteiger partial charge in [-0.1, -0.05) is 63.2 Å². The summed E-state index contributed by atoms with van der Waals surface area (Å²) < 4.78 is 0. The normalized spacial score (nSPS) is 17.1. The van der Waals surface area contributed by atoms with Gasteiger partial charge in [-0.15, -0.1) is 0 Å². The SMILES string of the molecule is CCc1ccc(C2C(C(=O)CC(C)C)=C(O)C(=O)N2c2ccccc2)cc1. The van der Waals surface area contributed by atoms with Crippen LogP contribution in [0.5, 0.6) is 0 Å². The van der Waals surface area contributed by atoms with Crippen LogP contribution in [0.25, 0.3) is 0 Å². The van der Waals surface area contributed by atoms with E-state index in [0.29, 0.717) is 12.1 Å². The fraction of sp³-hybridized carbons (Fsp3) is 0.304. The number of amides is 1. The number of nitrogens with zero attached hydrogens (tertiary/aromatic N) is 1. The van der Waals surface area contributed by atoms with E-state index in [4.69, 9.17) is 0 Å². The van der Waals surface area contributed by atoms with Gasteiger partial charge in [0.2, 0.25) is 0 Å². The van der Waals surface area contributed by atoms with E-state index in [9.17, 15) is 14.7 Å². The average Bonchev–Trinajstić information content (AvgIpc) is 2.93. The molecule has 4 heteroatoms. The predicted octanol–water partition coefficient (Wildman–Crippen LogP) is 4.76. The zero-order chi connectivity index (χ0) is 19.6. The third kappa shape index (κ3) is 3.65. The van der Waals surface area contributed by atoms with Crippen LogP contribution in [0, 0.1) is 5.92 Å². The molecule has 1 aliphatic heterocycles. The van der Waals surface area contributed by atoms with Gasteiger partial charge in [0.05, 0.1) is 11.6 Å². The first kappa shape index (κ1) is 18.9. The predicted molar refractivity (Wildman–Crippen MR) is 107 cm³/mol. The van der Waals surface area contributed by atoms with E-state index >= 15 is 0 Å². The number of aryl methyl sites for hydroxylation is 1. The number of rotatable bonds is 6. The summed E-state index contributed by atoms with van der Waals surface area (Å²) in [7, 11) is 0. The second-order valence-electron chi connectivity index (χ2n) is 7.29. The van der Waals surface area contributed by atoms with Crippen LogP contribution in [0.3, 0.4) is 0 Å². The third-order valence-electron chi connectivity index (χ3n) is 4.84. The zero-order valence-electron chi connectivity index (χ0n) is 16.0. The molecule has 0 bridgehead atoms. The fourth-order valence-corrected chi connectivity index (χ4v) is 3.48. The summed E-state index contributed by atoms with van der Waals surface area (Å²) in [4.78, 5) is 27.3. The number of hydrogen-bond donors (Lipinski definition) is 1. The van der Waals surface area contributed by atoms with Gasteiger partial charge in [0.25, 0.3) is 5.91 Å². The quantitative estimate of drug-likeness (QED) is 0.805. The molecule has 140 valence electrons. The number of ketones is 1.